The van der Waals surface area contributed by atoms with Crippen LogP contribution in [0.3, 0.4) is 0 Å². The lowest BCUT2D eigenvalue weighted by atomic mass is 10.1. The van der Waals surface area contributed by atoms with Gasteiger partial charge >= 0.3 is 0 Å². The first kappa shape index (κ1) is 18.3. The van der Waals surface area contributed by atoms with Crippen LogP contribution < -0.4 is 20.1 Å². The van der Waals surface area contributed by atoms with Crippen molar-refractivity contribution in [2.75, 3.05) is 32.6 Å². The molecule has 0 spiro atoms. The van der Waals surface area contributed by atoms with Gasteiger partial charge in [0.25, 0.3) is 5.91 Å². The number of anilines is 1. The van der Waals surface area contributed by atoms with Gasteiger partial charge in [-0.05, 0) is 30.2 Å². The molecule has 1 amide bonds. The predicted octanol–water partition coefficient (Wildman–Crippen LogP) is 2.06. The Morgan fingerprint density at radius 1 is 1.24 bits per heavy atom. The van der Waals surface area contributed by atoms with Gasteiger partial charge in [-0.15, -0.1) is 6.58 Å². The maximum atomic E-state index is 11.9. The van der Waals surface area contributed by atoms with Crippen LogP contribution >= 0.6 is 0 Å². The molecule has 0 saturated carbocycles. The minimum absolute atomic E-state index is 0.259. The summed E-state index contributed by atoms with van der Waals surface area (Å²) in [5.74, 6) is 1.54. The number of aromatic nitrogens is 2. The van der Waals surface area contributed by atoms with E-state index in [0.29, 0.717) is 36.2 Å². The Morgan fingerprint density at radius 3 is 2.76 bits per heavy atom. The number of rotatable bonds is 9. The number of benzene rings is 1. The summed E-state index contributed by atoms with van der Waals surface area (Å²) in [7, 11) is 3.21. The molecule has 7 nitrogen and oxygen atoms in total. The van der Waals surface area contributed by atoms with E-state index in [2.05, 4.69) is 27.2 Å². The standard InChI is InChI=1S/C18H22N4O3/c1-4-9-19-17(23)14-8-11-21-18(22-14)20-10-7-13-5-6-15(24-2)16(12-13)25-3/h4-6,8,11-12H,1,7,9-10H2,2-3H3,(H,19,23)(H,20,21,22). The number of amides is 1. The zero-order valence-electron chi connectivity index (χ0n) is 14.4. The minimum Gasteiger partial charge on any atom is -0.493 e. The third kappa shape index (κ3) is 5.20. The van der Waals surface area contributed by atoms with Crippen LogP contribution in [0.1, 0.15) is 16.1 Å². The molecule has 0 radical (unpaired) electrons. The molecule has 0 fully saturated rings. The molecule has 1 aromatic carbocycles. The van der Waals surface area contributed by atoms with E-state index in [9.17, 15) is 4.79 Å². The highest BCUT2D eigenvalue weighted by Crippen LogP contribution is 2.27. The van der Waals surface area contributed by atoms with Gasteiger partial charge in [-0.25, -0.2) is 9.97 Å². The largest absolute Gasteiger partial charge is 0.493 e. The highest BCUT2D eigenvalue weighted by molar-refractivity contribution is 5.92. The third-order valence-corrected chi connectivity index (χ3v) is 3.44. The molecule has 0 saturated heterocycles. The zero-order valence-corrected chi connectivity index (χ0v) is 14.4. The second kappa shape index (κ2) is 9.27. The lowest BCUT2D eigenvalue weighted by Crippen LogP contribution is -2.24. The number of carbonyl (C=O) groups is 1. The summed E-state index contributed by atoms with van der Waals surface area (Å²) in [6, 6.07) is 7.34. The van der Waals surface area contributed by atoms with Crippen molar-refractivity contribution in [3.8, 4) is 11.5 Å². The molecule has 2 rings (SSSR count). The topological polar surface area (TPSA) is 85.4 Å². The van der Waals surface area contributed by atoms with Gasteiger partial charge in [0.2, 0.25) is 5.95 Å². The zero-order chi connectivity index (χ0) is 18.1. The van der Waals surface area contributed by atoms with E-state index in [-0.39, 0.29) is 5.91 Å². The smallest absolute Gasteiger partial charge is 0.270 e. The quantitative estimate of drug-likeness (QED) is 0.679. The maximum Gasteiger partial charge on any atom is 0.270 e. The highest BCUT2D eigenvalue weighted by Gasteiger charge is 2.08. The Bertz CT molecular complexity index is 734. The van der Waals surface area contributed by atoms with E-state index in [4.69, 9.17) is 9.47 Å². The second-order valence-electron chi connectivity index (χ2n) is 5.13. The number of ether oxygens (including phenoxy) is 2. The summed E-state index contributed by atoms with van der Waals surface area (Å²) in [5, 5.41) is 5.80. The number of methoxy groups -OCH3 is 2. The van der Waals surface area contributed by atoms with Crippen molar-refractivity contribution in [3.63, 3.8) is 0 Å². The van der Waals surface area contributed by atoms with E-state index in [1.54, 1.807) is 32.6 Å². The number of hydrogen-bond acceptors (Lipinski definition) is 6. The molecule has 132 valence electrons. The summed E-state index contributed by atoms with van der Waals surface area (Å²) in [4.78, 5) is 20.2. The van der Waals surface area contributed by atoms with Crippen molar-refractivity contribution >= 4 is 11.9 Å². The molecule has 2 aromatic rings. The van der Waals surface area contributed by atoms with E-state index in [1.165, 1.54) is 0 Å². The van der Waals surface area contributed by atoms with Crippen molar-refractivity contribution in [1.82, 2.24) is 15.3 Å². The molecule has 1 heterocycles. The van der Waals surface area contributed by atoms with E-state index >= 15 is 0 Å². The van der Waals surface area contributed by atoms with Crippen LogP contribution in [0.5, 0.6) is 11.5 Å². The molecule has 1 aromatic heterocycles. The Kier molecular flexibility index (Phi) is 6.76. The number of carbonyl (C=O) groups excluding carboxylic acids is 1. The number of nitrogens with zero attached hydrogens (tertiary/aromatic N) is 2. The van der Waals surface area contributed by atoms with Gasteiger partial charge in [0, 0.05) is 19.3 Å². The normalized spacial score (nSPS) is 10.0. The van der Waals surface area contributed by atoms with Crippen molar-refractivity contribution in [1.29, 1.82) is 0 Å². The fourth-order valence-corrected chi connectivity index (χ4v) is 2.18. The van der Waals surface area contributed by atoms with E-state index < -0.39 is 0 Å². The fourth-order valence-electron chi connectivity index (χ4n) is 2.18. The van der Waals surface area contributed by atoms with Crippen molar-refractivity contribution in [2.24, 2.45) is 0 Å². The van der Waals surface area contributed by atoms with Gasteiger partial charge in [0.1, 0.15) is 5.69 Å². The first-order valence-electron chi connectivity index (χ1n) is 7.85. The van der Waals surface area contributed by atoms with E-state index in [1.807, 2.05) is 18.2 Å². The van der Waals surface area contributed by atoms with Crippen LogP contribution in [0.2, 0.25) is 0 Å². The van der Waals surface area contributed by atoms with Crippen molar-refractivity contribution < 1.29 is 14.3 Å². The Labute approximate surface area is 147 Å². The molecule has 0 aliphatic rings. The molecular weight excluding hydrogens is 320 g/mol. The minimum atomic E-state index is -0.259. The molecule has 7 heteroatoms. The number of hydrogen-bond donors (Lipinski definition) is 2. The van der Waals surface area contributed by atoms with Gasteiger partial charge in [0.05, 0.1) is 14.2 Å². The third-order valence-electron chi connectivity index (χ3n) is 3.44. The van der Waals surface area contributed by atoms with Gasteiger partial charge in [-0.3, -0.25) is 4.79 Å². The molecule has 0 aliphatic heterocycles. The molecule has 0 atom stereocenters. The Hall–Kier alpha value is -3.09. The first-order valence-corrected chi connectivity index (χ1v) is 7.85. The molecule has 25 heavy (non-hydrogen) atoms. The monoisotopic (exact) mass is 342 g/mol. The summed E-state index contributed by atoms with van der Waals surface area (Å²) >= 11 is 0. The lowest BCUT2D eigenvalue weighted by molar-refractivity contribution is 0.0953. The van der Waals surface area contributed by atoms with Gasteiger partial charge < -0.3 is 20.1 Å². The SMILES string of the molecule is C=CCNC(=O)c1ccnc(NCCc2ccc(OC)c(OC)c2)n1. The average molecular weight is 342 g/mol. The van der Waals surface area contributed by atoms with Crippen LogP contribution in [0.15, 0.2) is 43.1 Å². The van der Waals surface area contributed by atoms with Crippen LogP contribution in [0.4, 0.5) is 5.95 Å². The van der Waals surface area contributed by atoms with Crippen LogP contribution in [0, 0.1) is 0 Å². The summed E-state index contributed by atoms with van der Waals surface area (Å²) < 4.78 is 10.5. The predicted molar refractivity (Wildman–Crippen MR) is 96.3 cm³/mol. The lowest BCUT2D eigenvalue weighted by Gasteiger charge is -2.10. The molecule has 2 N–H and O–H groups in total. The van der Waals surface area contributed by atoms with Crippen molar-refractivity contribution in [3.05, 3.63) is 54.4 Å². The summed E-state index contributed by atoms with van der Waals surface area (Å²) in [6.45, 7) is 4.57. The van der Waals surface area contributed by atoms with Crippen LogP contribution in [-0.2, 0) is 6.42 Å². The van der Waals surface area contributed by atoms with Gasteiger partial charge in [0.15, 0.2) is 11.5 Å². The second-order valence-corrected chi connectivity index (χ2v) is 5.13. The maximum absolute atomic E-state index is 11.9. The summed E-state index contributed by atoms with van der Waals surface area (Å²) in [6.07, 6.45) is 3.91. The van der Waals surface area contributed by atoms with E-state index in [0.717, 1.165) is 12.0 Å². The van der Waals surface area contributed by atoms with Gasteiger partial charge in [-0.2, -0.15) is 0 Å². The average Bonchev–Trinajstić information content (AvgIpc) is 2.66. The number of nitrogens with one attached hydrogen (secondary N) is 2. The molecule has 0 aliphatic carbocycles. The first-order chi connectivity index (χ1) is 12.2. The fraction of sp³-hybridized carbons (Fsp3) is 0.278. The van der Waals surface area contributed by atoms with Crippen LogP contribution in [-0.4, -0.2) is 43.2 Å². The summed E-state index contributed by atoms with van der Waals surface area (Å²) in [5.41, 5.74) is 1.40. The van der Waals surface area contributed by atoms with Crippen molar-refractivity contribution in [2.45, 2.75) is 6.42 Å². The van der Waals surface area contributed by atoms with Crippen LogP contribution in [0.25, 0.3) is 0 Å². The Balaban J connectivity index is 1.93. The van der Waals surface area contributed by atoms with Gasteiger partial charge in [-0.1, -0.05) is 12.1 Å². The molecule has 0 unspecified atom stereocenters. The highest BCUT2D eigenvalue weighted by atomic mass is 16.5. The molecular formula is C18H22N4O3. The molecule has 0 bridgehead atoms. The Morgan fingerprint density at radius 2 is 2.04 bits per heavy atom.